The molecule has 0 saturated carbocycles. The average Bonchev–Trinajstić information content (AvgIpc) is 1.98. The standard InChI is InChI=1S/C6H12O2/c1-4-5(2)8-3-6(4)7/h4-7H,3H2,1-2H3/t4-,5-,6+/m1/s1. The summed E-state index contributed by atoms with van der Waals surface area (Å²) in [4.78, 5) is 0. The first kappa shape index (κ1) is 6.05. The van der Waals surface area contributed by atoms with Crippen LogP contribution in [0.2, 0.25) is 0 Å². The lowest BCUT2D eigenvalue weighted by atomic mass is 10.0. The van der Waals surface area contributed by atoms with Crippen molar-refractivity contribution in [2.24, 2.45) is 5.92 Å². The summed E-state index contributed by atoms with van der Waals surface area (Å²) >= 11 is 0. The summed E-state index contributed by atoms with van der Waals surface area (Å²) in [6, 6.07) is 0. The van der Waals surface area contributed by atoms with Gasteiger partial charge in [0.25, 0.3) is 0 Å². The van der Waals surface area contributed by atoms with Gasteiger partial charge in [-0.15, -0.1) is 0 Å². The summed E-state index contributed by atoms with van der Waals surface area (Å²) < 4.78 is 5.13. The van der Waals surface area contributed by atoms with Crippen molar-refractivity contribution in [1.29, 1.82) is 0 Å². The van der Waals surface area contributed by atoms with Gasteiger partial charge in [0.05, 0.1) is 18.8 Å². The predicted molar refractivity (Wildman–Crippen MR) is 30.6 cm³/mol. The maximum Gasteiger partial charge on any atom is 0.0823 e. The fraction of sp³-hybridized carbons (Fsp3) is 1.00. The van der Waals surface area contributed by atoms with Crippen LogP contribution < -0.4 is 0 Å². The molecule has 1 heterocycles. The molecule has 0 spiro atoms. The highest BCUT2D eigenvalue weighted by molar-refractivity contribution is 4.76. The molecule has 3 atom stereocenters. The van der Waals surface area contributed by atoms with Crippen molar-refractivity contribution >= 4 is 0 Å². The number of aliphatic hydroxyl groups is 1. The van der Waals surface area contributed by atoms with Gasteiger partial charge >= 0.3 is 0 Å². The smallest absolute Gasteiger partial charge is 0.0823 e. The van der Waals surface area contributed by atoms with Crippen LogP contribution in [-0.2, 0) is 4.74 Å². The summed E-state index contributed by atoms with van der Waals surface area (Å²) in [5.74, 6) is 0.315. The van der Waals surface area contributed by atoms with Gasteiger partial charge in [-0.05, 0) is 6.92 Å². The van der Waals surface area contributed by atoms with Gasteiger partial charge in [0.15, 0.2) is 0 Å². The van der Waals surface area contributed by atoms with Crippen LogP contribution in [0.25, 0.3) is 0 Å². The van der Waals surface area contributed by atoms with Gasteiger partial charge in [-0.3, -0.25) is 0 Å². The van der Waals surface area contributed by atoms with Crippen molar-refractivity contribution < 1.29 is 9.84 Å². The third-order valence-corrected chi connectivity index (χ3v) is 1.88. The molecule has 0 unspecified atom stereocenters. The van der Waals surface area contributed by atoms with E-state index in [2.05, 4.69) is 0 Å². The first-order valence-corrected chi connectivity index (χ1v) is 3.01. The zero-order valence-electron chi connectivity index (χ0n) is 5.29. The molecule has 8 heavy (non-hydrogen) atoms. The fourth-order valence-electron chi connectivity index (χ4n) is 0.867. The Balaban J connectivity index is 2.44. The second-order valence-corrected chi connectivity index (χ2v) is 2.46. The average molecular weight is 116 g/mol. The van der Waals surface area contributed by atoms with Gasteiger partial charge in [-0.25, -0.2) is 0 Å². The summed E-state index contributed by atoms with van der Waals surface area (Å²) in [6.07, 6.45) is 0.00926. The molecule has 0 aliphatic carbocycles. The minimum absolute atomic E-state index is 0.231. The van der Waals surface area contributed by atoms with Gasteiger partial charge in [0.1, 0.15) is 0 Å². The minimum Gasteiger partial charge on any atom is -0.390 e. The van der Waals surface area contributed by atoms with Crippen LogP contribution >= 0.6 is 0 Å². The molecule has 0 aromatic rings. The molecule has 1 rings (SSSR count). The predicted octanol–water partition coefficient (Wildman–Crippen LogP) is 0.402. The highest BCUT2D eigenvalue weighted by Crippen LogP contribution is 2.19. The monoisotopic (exact) mass is 116 g/mol. The maximum absolute atomic E-state index is 9.04. The molecule has 2 nitrogen and oxygen atoms in total. The second kappa shape index (κ2) is 2.03. The minimum atomic E-state index is -0.231. The van der Waals surface area contributed by atoms with Crippen LogP contribution in [0.4, 0.5) is 0 Å². The highest BCUT2D eigenvalue weighted by Gasteiger charge is 2.28. The number of hydrogen-bond acceptors (Lipinski definition) is 2. The molecule has 1 aliphatic rings. The zero-order chi connectivity index (χ0) is 6.15. The van der Waals surface area contributed by atoms with E-state index < -0.39 is 0 Å². The molecule has 2 heteroatoms. The lowest BCUT2D eigenvalue weighted by Crippen LogP contribution is -2.17. The number of rotatable bonds is 0. The third-order valence-electron chi connectivity index (χ3n) is 1.88. The molecule has 0 radical (unpaired) electrons. The zero-order valence-corrected chi connectivity index (χ0v) is 5.29. The molecule has 0 amide bonds. The molecular formula is C6H12O2. The van der Waals surface area contributed by atoms with Gasteiger partial charge in [-0.1, -0.05) is 6.92 Å². The number of ether oxygens (including phenoxy) is 1. The molecular weight excluding hydrogens is 104 g/mol. The maximum atomic E-state index is 9.04. The van der Waals surface area contributed by atoms with Crippen LogP contribution in [0.5, 0.6) is 0 Å². The van der Waals surface area contributed by atoms with Crippen molar-refractivity contribution in [1.82, 2.24) is 0 Å². The van der Waals surface area contributed by atoms with Gasteiger partial charge in [-0.2, -0.15) is 0 Å². The summed E-state index contributed by atoms with van der Waals surface area (Å²) in [6.45, 7) is 4.51. The Hall–Kier alpha value is -0.0800. The Kier molecular flexibility index (Phi) is 1.54. The van der Waals surface area contributed by atoms with E-state index in [1.54, 1.807) is 0 Å². The molecule has 1 saturated heterocycles. The first-order valence-electron chi connectivity index (χ1n) is 3.01. The van der Waals surface area contributed by atoms with E-state index >= 15 is 0 Å². The Labute approximate surface area is 49.5 Å². The van der Waals surface area contributed by atoms with Crippen molar-refractivity contribution in [2.75, 3.05) is 6.61 Å². The molecule has 0 aromatic heterocycles. The summed E-state index contributed by atoms with van der Waals surface area (Å²) in [5.41, 5.74) is 0. The van der Waals surface area contributed by atoms with E-state index in [-0.39, 0.29) is 12.2 Å². The molecule has 0 aromatic carbocycles. The second-order valence-electron chi connectivity index (χ2n) is 2.46. The van der Waals surface area contributed by atoms with E-state index in [0.29, 0.717) is 12.5 Å². The van der Waals surface area contributed by atoms with Crippen LogP contribution in [0.15, 0.2) is 0 Å². The summed E-state index contributed by atoms with van der Waals surface area (Å²) in [7, 11) is 0. The number of aliphatic hydroxyl groups excluding tert-OH is 1. The first-order chi connectivity index (χ1) is 3.72. The Morgan fingerprint density at radius 2 is 2.12 bits per heavy atom. The third kappa shape index (κ3) is 0.858. The van der Waals surface area contributed by atoms with Crippen molar-refractivity contribution in [2.45, 2.75) is 26.1 Å². The Morgan fingerprint density at radius 3 is 2.25 bits per heavy atom. The molecule has 1 fully saturated rings. The van der Waals surface area contributed by atoms with E-state index in [9.17, 15) is 0 Å². The van der Waals surface area contributed by atoms with E-state index in [0.717, 1.165) is 0 Å². The van der Waals surface area contributed by atoms with Crippen molar-refractivity contribution in [3.63, 3.8) is 0 Å². The fourth-order valence-corrected chi connectivity index (χ4v) is 0.867. The highest BCUT2D eigenvalue weighted by atomic mass is 16.5. The van der Waals surface area contributed by atoms with Gasteiger partial charge < -0.3 is 9.84 Å². The number of hydrogen-bond donors (Lipinski definition) is 1. The topological polar surface area (TPSA) is 29.5 Å². The Bertz CT molecular complexity index is 72.6. The quantitative estimate of drug-likeness (QED) is 0.496. The van der Waals surface area contributed by atoms with Crippen LogP contribution in [0.3, 0.4) is 0 Å². The molecule has 48 valence electrons. The van der Waals surface area contributed by atoms with Crippen molar-refractivity contribution in [3.8, 4) is 0 Å². The van der Waals surface area contributed by atoms with E-state index in [4.69, 9.17) is 9.84 Å². The Morgan fingerprint density at radius 1 is 1.50 bits per heavy atom. The van der Waals surface area contributed by atoms with E-state index in [1.807, 2.05) is 13.8 Å². The van der Waals surface area contributed by atoms with Crippen LogP contribution in [0, 0.1) is 5.92 Å². The van der Waals surface area contributed by atoms with Gasteiger partial charge in [0, 0.05) is 5.92 Å². The molecule has 0 bridgehead atoms. The van der Waals surface area contributed by atoms with Gasteiger partial charge in [0.2, 0.25) is 0 Å². The van der Waals surface area contributed by atoms with Crippen LogP contribution in [-0.4, -0.2) is 23.9 Å². The molecule has 1 aliphatic heterocycles. The van der Waals surface area contributed by atoms with Crippen molar-refractivity contribution in [3.05, 3.63) is 0 Å². The SMILES string of the molecule is C[C@H]1[C@@H](O)CO[C@@H]1C. The normalized spacial score (nSPS) is 47.6. The largest absolute Gasteiger partial charge is 0.390 e. The summed E-state index contributed by atoms with van der Waals surface area (Å²) in [5, 5.41) is 9.04. The van der Waals surface area contributed by atoms with Crippen LogP contribution in [0.1, 0.15) is 13.8 Å². The van der Waals surface area contributed by atoms with E-state index in [1.165, 1.54) is 0 Å². The molecule has 1 N–H and O–H groups in total. The lowest BCUT2D eigenvalue weighted by molar-refractivity contribution is 0.0966. The lowest BCUT2D eigenvalue weighted by Gasteiger charge is -2.08.